The third kappa shape index (κ3) is 4.35. The molecular formula is C29H29FN2O4. The highest BCUT2D eigenvalue weighted by molar-refractivity contribution is 5.76. The first-order chi connectivity index (χ1) is 17.6. The summed E-state index contributed by atoms with van der Waals surface area (Å²) in [5.41, 5.74) is 0.209. The first-order valence-electron chi connectivity index (χ1n) is 12.0. The van der Waals surface area contributed by atoms with Crippen molar-refractivity contribution in [2.24, 2.45) is 4.99 Å². The smallest absolute Gasteiger partial charge is 0.156 e. The maximum Gasteiger partial charge on any atom is 0.156 e. The molecule has 0 aliphatic carbocycles. The van der Waals surface area contributed by atoms with Gasteiger partial charge in [0.2, 0.25) is 0 Å². The predicted octanol–water partition coefficient (Wildman–Crippen LogP) is 3.99. The van der Waals surface area contributed by atoms with Crippen molar-refractivity contribution in [2.75, 3.05) is 19.9 Å². The molecule has 2 heterocycles. The Balaban J connectivity index is 1.63. The molecule has 0 saturated carbocycles. The van der Waals surface area contributed by atoms with Gasteiger partial charge >= 0.3 is 0 Å². The minimum Gasteiger partial charge on any atom is -0.393 e. The molecule has 3 aromatic carbocycles. The molecule has 0 amide bonds. The molecule has 186 valence electrons. The van der Waals surface area contributed by atoms with E-state index in [1.807, 2.05) is 91.0 Å². The van der Waals surface area contributed by atoms with Gasteiger partial charge in [-0.3, -0.25) is 4.99 Å². The van der Waals surface area contributed by atoms with E-state index in [-0.39, 0.29) is 13.1 Å². The molecule has 1 saturated heterocycles. The number of aliphatic hydroxyl groups excluding tert-OH is 2. The third-order valence-electron chi connectivity index (χ3n) is 6.89. The maximum absolute atomic E-state index is 14.0. The average Bonchev–Trinajstić information content (AvgIpc) is 3.32. The van der Waals surface area contributed by atoms with Crippen molar-refractivity contribution < 1.29 is 24.1 Å². The van der Waals surface area contributed by atoms with Crippen LogP contribution >= 0.6 is 0 Å². The van der Waals surface area contributed by atoms with E-state index in [0.717, 1.165) is 22.9 Å². The number of halogens is 1. The number of hydrogen-bond acceptors (Lipinski definition) is 6. The molecule has 2 N–H and O–H groups in total. The van der Waals surface area contributed by atoms with Crippen LogP contribution in [0.5, 0.6) is 0 Å². The molecule has 6 nitrogen and oxygen atoms in total. The minimum atomic E-state index is -1.40. The van der Waals surface area contributed by atoms with Gasteiger partial charge in [-0.05, 0) is 16.7 Å². The molecule has 5 rings (SSSR count). The van der Waals surface area contributed by atoms with Crippen LogP contribution in [0, 0.1) is 0 Å². The van der Waals surface area contributed by atoms with Crippen LogP contribution < -0.4 is 0 Å². The number of aliphatic imine (C=N–C) groups is 1. The fourth-order valence-electron chi connectivity index (χ4n) is 5.04. The molecule has 0 bridgehead atoms. The van der Waals surface area contributed by atoms with E-state index >= 15 is 0 Å². The monoisotopic (exact) mass is 488 g/mol. The normalized spacial score (nSPS) is 21.4. The molecule has 2 atom stereocenters. The third-order valence-corrected chi connectivity index (χ3v) is 6.89. The zero-order valence-corrected chi connectivity index (χ0v) is 19.8. The molecule has 3 aromatic rings. The fraction of sp³-hybridized carbons (Fsp3) is 0.276. The average molecular weight is 489 g/mol. The first kappa shape index (κ1) is 24.3. The van der Waals surface area contributed by atoms with Gasteiger partial charge in [0.05, 0.1) is 25.5 Å². The highest BCUT2D eigenvalue weighted by Gasteiger charge is 2.54. The number of rotatable bonds is 8. The number of hydrogen-bond donors (Lipinski definition) is 2. The van der Waals surface area contributed by atoms with E-state index in [1.54, 1.807) is 4.90 Å². The van der Waals surface area contributed by atoms with E-state index in [9.17, 15) is 14.6 Å². The van der Waals surface area contributed by atoms with Crippen LogP contribution in [0.2, 0.25) is 0 Å². The number of nitrogens with zero attached hydrogens (tertiary/aromatic N) is 2. The van der Waals surface area contributed by atoms with Gasteiger partial charge < -0.3 is 24.6 Å². The lowest BCUT2D eigenvalue weighted by Crippen LogP contribution is -2.51. The van der Waals surface area contributed by atoms with Gasteiger partial charge in [0.1, 0.15) is 24.1 Å². The van der Waals surface area contributed by atoms with Gasteiger partial charge in [-0.2, -0.15) is 0 Å². The van der Waals surface area contributed by atoms with Crippen molar-refractivity contribution in [2.45, 2.75) is 30.0 Å². The van der Waals surface area contributed by atoms with Gasteiger partial charge in [-0.1, -0.05) is 91.0 Å². The van der Waals surface area contributed by atoms with Gasteiger partial charge in [-0.25, -0.2) is 4.39 Å². The number of benzene rings is 3. The van der Waals surface area contributed by atoms with E-state index in [0.29, 0.717) is 0 Å². The lowest BCUT2D eigenvalue weighted by Gasteiger charge is -2.41. The Labute approximate surface area is 209 Å². The maximum atomic E-state index is 14.0. The van der Waals surface area contributed by atoms with Crippen LogP contribution in [0.3, 0.4) is 0 Å². The second kappa shape index (κ2) is 10.3. The Bertz CT molecular complexity index is 1100. The van der Waals surface area contributed by atoms with Crippen molar-refractivity contribution >= 4 is 6.21 Å². The van der Waals surface area contributed by atoms with Gasteiger partial charge in [0, 0.05) is 12.6 Å². The van der Waals surface area contributed by atoms with Crippen molar-refractivity contribution in [3.8, 4) is 0 Å². The lowest BCUT2D eigenvalue weighted by atomic mass is 9.79. The number of ether oxygens (including phenoxy) is 2. The van der Waals surface area contributed by atoms with Crippen molar-refractivity contribution in [1.29, 1.82) is 0 Å². The first-order valence-corrected chi connectivity index (χ1v) is 12.0. The molecule has 7 heteroatoms. The van der Waals surface area contributed by atoms with Gasteiger partial charge in [0.25, 0.3) is 0 Å². The molecule has 2 aliphatic rings. The Hall–Kier alpha value is -3.36. The van der Waals surface area contributed by atoms with E-state index in [1.165, 1.54) is 6.20 Å². The SMILES string of the molecule is OCC1(CO)O[C@@H](N2C=C(F)C=NC2)C[C@@H]1OC(c1ccccc1)(c1ccccc1)c1ccccc1. The standard InChI is InChI=1S/C29H29FN2O4/c30-25-17-31-21-32(18-25)27-16-26(28(19-33,20-34)36-27)35-29(22-10-4-1-5-11-22,23-12-6-2-7-13-23)24-14-8-3-9-15-24/h1-15,17-18,26-27,33-34H,16,19-21H2/t26-,27+/m0/s1. The fourth-order valence-corrected chi connectivity index (χ4v) is 5.04. The summed E-state index contributed by atoms with van der Waals surface area (Å²) in [5.74, 6) is -0.486. The van der Waals surface area contributed by atoms with Crippen LogP contribution in [0.25, 0.3) is 0 Å². The second-order valence-corrected chi connectivity index (χ2v) is 9.06. The summed E-state index contributed by atoms with van der Waals surface area (Å²) in [5, 5.41) is 20.9. The van der Waals surface area contributed by atoms with Crippen molar-refractivity contribution in [3.63, 3.8) is 0 Å². The molecule has 0 radical (unpaired) electrons. The summed E-state index contributed by atoms with van der Waals surface area (Å²) in [6.45, 7) is -0.732. The number of aliphatic hydroxyl groups is 2. The second-order valence-electron chi connectivity index (χ2n) is 9.06. The Morgan fingerprint density at radius 1 is 0.889 bits per heavy atom. The largest absolute Gasteiger partial charge is 0.393 e. The molecular weight excluding hydrogens is 459 g/mol. The summed E-state index contributed by atoms with van der Waals surface area (Å²) in [6.07, 6.45) is 1.40. The van der Waals surface area contributed by atoms with Gasteiger partial charge in [0.15, 0.2) is 5.83 Å². The topological polar surface area (TPSA) is 74.5 Å². The summed E-state index contributed by atoms with van der Waals surface area (Å²) in [4.78, 5) is 5.66. The minimum absolute atomic E-state index is 0.207. The highest BCUT2D eigenvalue weighted by atomic mass is 19.1. The molecule has 0 spiro atoms. The van der Waals surface area contributed by atoms with E-state index in [4.69, 9.17) is 9.47 Å². The lowest BCUT2D eigenvalue weighted by molar-refractivity contribution is -0.184. The van der Waals surface area contributed by atoms with Crippen LogP contribution in [-0.4, -0.2) is 59.1 Å². The van der Waals surface area contributed by atoms with Crippen LogP contribution in [0.4, 0.5) is 4.39 Å². The Kier molecular flexibility index (Phi) is 6.98. The van der Waals surface area contributed by atoms with Crippen LogP contribution in [0.1, 0.15) is 23.1 Å². The van der Waals surface area contributed by atoms with Crippen LogP contribution in [0.15, 0.2) is 108 Å². The molecule has 0 aromatic heterocycles. The van der Waals surface area contributed by atoms with Crippen molar-refractivity contribution in [1.82, 2.24) is 4.90 Å². The predicted molar refractivity (Wildman–Crippen MR) is 135 cm³/mol. The van der Waals surface area contributed by atoms with E-state index in [2.05, 4.69) is 4.99 Å². The van der Waals surface area contributed by atoms with Gasteiger partial charge in [-0.15, -0.1) is 0 Å². The van der Waals surface area contributed by atoms with Crippen molar-refractivity contribution in [3.05, 3.63) is 120 Å². The highest BCUT2D eigenvalue weighted by Crippen LogP contribution is 2.46. The Morgan fingerprint density at radius 3 is 1.83 bits per heavy atom. The molecule has 1 fully saturated rings. The summed E-state index contributed by atoms with van der Waals surface area (Å²) in [7, 11) is 0. The molecule has 2 aliphatic heterocycles. The summed E-state index contributed by atoms with van der Waals surface area (Å²) < 4.78 is 27.3. The number of allylic oxidation sites excluding steroid dienone is 1. The van der Waals surface area contributed by atoms with E-state index < -0.39 is 42.6 Å². The summed E-state index contributed by atoms with van der Waals surface area (Å²) in [6, 6.07) is 29.6. The van der Waals surface area contributed by atoms with Crippen LogP contribution in [-0.2, 0) is 15.1 Å². The zero-order valence-electron chi connectivity index (χ0n) is 19.8. The Morgan fingerprint density at radius 2 is 1.39 bits per heavy atom. The molecule has 0 unspecified atom stereocenters. The quantitative estimate of drug-likeness (QED) is 0.469. The molecule has 36 heavy (non-hydrogen) atoms. The zero-order chi connectivity index (χ0) is 25.0. The summed E-state index contributed by atoms with van der Waals surface area (Å²) >= 11 is 0.